The predicted octanol–water partition coefficient (Wildman–Crippen LogP) is 14.4. The van der Waals surface area contributed by atoms with Gasteiger partial charge in [0.15, 0.2) is 16.6 Å². The summed E-state index contributed by atoms with van der Waals surface area (Å²) in [4.78, 5) is 59.8. The molecule has 5 aromatic carbocycles. The van der Waals surface area contributed by atoms with Crippen molar-refractivity contribution in [2.75, 3.05) is 0 Å². The van der Waals surface area contributed by atoms with Crippen LogP contribution < -0.4 is 10.6 Å². The van der Waals surface area contributed by atoms with Crippen molar-refractivity contribution in [3.8, 4) is 0 Å². The number of nitrogens with zero attached hydrogens (tertiary/aromatic N) is 2. The highest BCUT2D eigenvalue weighted by molar-refractivity contribution is 6.74. The number of halogens is 1. The molecule has 2 aliphatic heterocycles. The summed E-state index contributed by atoms with van der Waals surface area (Å²) in [6.07, 6.45) is 12.5. The van der Waals surface area contributed by atoms with E-state index in [1.54, 1.807) is 0 Å². The van der Waals surface area contributed by atoms with Gasteiger partial charge in [-0.3, -0.25) is 29.8 Å². The zero-order chi connectivity index (χ0) is 54.2. The van der Waals surface area contributed by atoms with Crippen LogP contribution in [0, 0.1) is 0 Å². The number of H-pyrrole nitrogens is 2. The van der Waals surface area contributed by atoms with E-state index in [-0.39, 0.29) is 46.2 Å². The average molecular weight is 1080 g/mol. The van der Waals surface area contributed by atoms with Crippen molar-refractivity contribution >= 4 is 128 Å². The fourth-order valence-electron chi connectivity index (χ4n) is 11.6. The number of imide groups is 2. The maximum atomic E-state index is 13.3. The highest BCUT2D eigenvalue weighted by atomic mass is 35.5. The number of hydrogen-bond acceptors (Lipinski definition) is 6. The fourth-order valence-corrected chi connectivity index (χ4v) is 14.4. The Hall–Kier alpha value is -7.08. The van der Waals surface area contributed by atoms with Crippen LogP contribution in [0.15, 0.2) is 128 Å². The first-order valence-electron chi connectivity index (χ1n) is 26.6. The number of benzene rings is 5. The summed E-state index contributed by atoms with van der Waals surface area (Å²) in [7, 11) is -3.87. The molecule has 9 aromatic rings. The second kappa shape index (κ2) is 18.0. The topological polar surface area (TPSA) is 152 Å². The minimum Gasteiger partial charge on any atom is -0.410 e. The number of carbonyl (C=O) groups is 4. The predicted molar refractivity (Wildman–Crippen MR) is 316 cm³/mol. The Labute approximate surface area is 453 Å². The quantitative estimate of drug-likeness (QED) is 0.0675. The zero-order valence-electron chi connectivity index (χ0n) is 45.1. The minimum atomic E-state index is -1.95. The Bertz CT molecular complexity index is 4120. The third kappa shape index (κ3) is 8.12. The molecule has 77 heavy (non-hydrogen) atoms. The number of fused-ring (bicyclic) bond motifs is 12. The van der Waals surface area contributed by atoms with Crippen LogP contribution in [0.1, 0.15) is 98.3 Å². The molecule has 2 unspecified atom stereocenters. The third-order valence-corrected chi connectivity index (χ3v) is 26.7. The number of aromatic amines is 2. The van der Waals surface area contributed by atoms with Gasteiger partial charge >= 0.3 is 0 Å². The maximum absolute atomic E-state index is 13.3. The van der Waals surface area contributed by atoms with Gasteiger partial charge in [-0.05, 0) is 60.5 Å². The van der Waals surface area contributed by atoms with Gasteiger partial charge in [-0.1, -0.05) is 150 Å². The van der Waals surface area contributed by atoms with Crippen LogP contribution in [-0.2, 0) is 18.4 Å². The zero-order valence-corrected chi connectivity index (χ0v) is 47.8. The Kier molecular flexibility index (Phi) is 11.9. The van der Waals surface area contributed by atoms with Gasteiger partial charge in [-0.2, -0.15) is 0 Å². The molecule has 0 saturated carbocycles. The average Bonchev–Trinajstić information content (AvgIpc) is 4.38. The SMILES string of the molecule is CC(C)(C)[Si](C)(C)O[C@@H]1C=CC(n2c3ccccc3c3c4c(c5c6ccccc6[nH]c5c32)C(=O)NC4=O)C1.CC(C)(C)[Si](C)(C)O[C@@H]1C=CC(n2cc(C3=C(c4c(Cl)[nH]c5ccccc45)C(=O)NC3=O)c3ccccc32)C1. The van der Waals surface area contributed by atoms with E-state index in [1.807, 2.05) is 85.1 Å². The van der Waals surface area contributed by atoms with Crippen LogP contribution in [0.3, 0.4) is 0 Å². The molecule has 13 rings (SSSR count). The molecule has 0 saturated heterocycles. The lowest BCUT2D eigenvalue weighted by Gasteiger charge is -2.38. The van der Waals surface area contributed by atoms with Crippen LogP contribution >= 0.6 is 11.6 Å². The van der Waals surface area contributed by atoms with E-state index in [9.17, 15) is 19.2 Å². The van der Waals surface area contributed by atoms with E-state index < -0.39 is 28.4 Å². The third-order valence-electron chi connectivity index (χ3n) is 17.4. The molecular formula is C62H63ClN6O6Si2. The molecule has 0 fully saturated rings. The highest BCUT2D eigenvalue weighted by Crippen LogP contribution is 2.48. The summed E-state index contributed by atoms with van der Waals surface area (Å²) in [5.41, 5.74) is 8.51. The Morgan fingerprint density at radius 2 is 1.03 bits per heavy atom. The van der Waals surface area contributed by atoms with Crippen molar-refractivity contribution < 1.29 is 28.0 Å². The van der Waals surface area contributed by atoms with E-state index in [1.165, 1.54) is 0 Å². The van der Waals surface area contributed by atoms with Gasteiger partial charge in [-0.15, -0.1) is 0 Å². The Balaban J connectivity index is 0.000000155. The summed E-state index contributed by atoms with van der Waals surface area (Å²) >= 11 is 6.64. The number of allylic oxidation sites excluding steroid dienone is 2. The lowest BCUT2D eigenvalue weighted by molar-refractivity contribution is -0.122. The van der Waals surface area contributed by atoms with E-state index >= 15 is 0 Å². The smallest absolute Gasteiger partial charge is 0.259 e. The molecule has 2 aliphatic carbocycles. The lowest BCUT2D eigenvalue weighted by Crippen LogP contribution is -2.43. The molecule has 12 nitrogen and oxygen atoms in total. The second-order valence-electron chi connectivity index (χ2n) is 24.1. The lowest BCUT2D eigenvalue weighted by atomic mass is 9.95. The summed E-state index contributed by atoms with van der Waals surface area (Å²) in [5, 5.41) is 11.0. The molecule has 15 heteroatoms. The summed E-state index contributed by atoms with van der Waals surface area (Å²) in [5.74, 6) is -1.52. The molecule has 392 valence electrons. The van der Waals surface area contributed by atoms with Gasteiger partial charge in [-0.25, -0.2) is 0 Å². The van der Waals surface area contributed by atoms with E-state index in [0.717, 1.165) is 78.3 Å². The first kappa shape index (κ1) is 50.7. The number of rotatable bonds is 8. The molecule has 0 bridgehead atoms. The van der Waals surface area contributed by atoms with Gasteiger partial charge in [0.25, 0.3) is 23.6 Å². The number of aromatic nitrogens is 4. The van der Waals surface area contributed by atoms with Crippen molar-refractivity contribution in [1.29, 1.82) is 0 Å². The second-order valence-corrected chi connectivity index (χ2v) is 34.0. The fraction of sp³-hybridized carbons (Fsp3) is 0.290. The van der Waals surface area contributed by atoms with Crippen LogP contribution in [0.25, 0.3) is 76.6 Å². The molecule has 6 heterocycles. The number of carbonyl (C=O) groups excluding carboxylic acids is 4. The van der Waals surface area contributed by atoms with Gasteiger partial charge in [0, 0.05) is 84.5 Å². The Morgan fingerprint density at radius 3 is 1.66 bits per heavy atom. The monoisotopic (exact) mass is 1080 g/mol. The Morgan fingerprint density at radius 1 is 0.532 bits per heavy atom. The van der Waals surface area contributed by atoms with Crippen LogP contribution in [0.5, 0.6) is 0 Å². The minimum absolute atomic E-state index is 0.0367. The van der Waals surface area contributed by atoms with Crippen molar-refractivity contribution in [2.24, 2.45) is 0 Å². The van der Waals surface area contributed by atoms with Crippen molar-refractivity contribution in [3.05, 3.63) is 155 Å². The van der Waals surface area contributed by atoms with Crippen molar-refractivity contribution in [3.63, 3.8) is 0 Å². The molecular weight excluding hydrogens is 1020 g/mol. The van der Waals surface area contributed by atoms with Gasteiger partial charge in [0.1, 0.15) is 5.15 Å². The van der Waals surface area contributed by atoms with Crippen LogP contribution in [0.4, 0.5) is 0 Å². The first-order valence-corrected chi connectivity index (χ1v) is 32.8. The summed E-state index contributed by atoms with van der Waals surface area (Å²) < 4.78 is 18.0. The first-order chi connectivity index (χ1) is 36.5. The number of hydrogen-bond donors (Lipinski definition) is 4. The molecule has 4 aromatic heterocycles. The van der Waals surface area contributed by atoms with E-state index in [4.69, 9.17) is 20.5 Å². The number of amides is 4. The van der Waals surface area contributed by atoms with E-state index in [0.29, 0.717) is 38.6 Å². The van der Waals surface area contributed by atoms with Gasteiger partial charge in [0.05, 0.1) is 57.6 Å². The standard InChI is InChI=1S/C31H32ClN3O3Si.C31H31N3O3Si/c1-31(2,3)39(4,5)38-19-15-14-18(16-19)35-17-22(20-10-7-9-13-24(20)35)26-27(30(37)34-29(26)36)25-21-11-6-8-12-23(21)33-28(25)32;1-31(2,3)38(4,5)37-18-15-14-17(16-18)34-22-13-9-7-11-20(22)24-26-25(29(35)33-30(26)36)23-19-10-6-8-12-21(19)32-27(23)28(24)34/h6-15,17-19,33H,16H2,1-5H3,(H,34,36,37);6-15,17-18,32H,16H2,1-5H3,(H,33,35,36)/t18?,19-;17?,18-/m11/s1. The number of nitrogens with one attached hydrogen (secondary N) is 4. The van der Waals surface area contributed by atoms with Gasteiger partial charge in [0.2, 0.25) is 0 Å². The largest absolute Gasteiger partial charge is 0.410 e. The van der Waals surface area contributed by atoms with Crippen molar-refractivity contribution in [1.82, 2.24) is 29.7 Å². The summed E-state index contributed by atoms with van der Waals surface area (Å²) in [6, 6.07) is 31.9. The normalized spacial score (nSPS) is 20.0. The molecule has 4 atom stereocenters. The molecule has 0 radical (unpaired) electrons. The van der Waals surface area contributed by atoms with Gasteiger partial charge < -0.3 is 28.0 Å². The highest BCUT2D eigenvalue weighted by Gasteiger charge is 2.43. The van der Waals surface area contributed by atoms with E-state index in [2.05, 4.69) is 140 Å². The van der Waals surface area contributed by atoms with Crippen LogP contribution in [0.2, 0.25) is 41.4 Å². The molecule has 4 amide bonds. The van der Waals surface area contributed by atoms with Crippen LogP contribution in [-0.4, -0.2) is 71.6 Å². The molecule has 4 aliphatic rings. The molecule has 0 spiro atoms. The maximum Gasteiger partial charge on any atom is 0.259 e. The van der Waals surface area contributed by atoms with Crippen molar-refractivity contribution in [2.45, 2.75) is 115 Å². The number of para-hydroxylation sites is 4. The summed E-state index contributed by atoms with van der Waals surface area (Å²) in [6.45, 7) is 22.7. The molecule has 4 N–H and O–H groups in total.